The topological polar surface area (TPSA) is 15.3 Å². The lowest BCUT2D eigenvalue weighted by molar-refractivity contribution is 0.555. The van der Waals surface area contributed by atoms with E-state index in [4.69, 9.17) is 0 Å². The molecule has 116 valence electrons. The standard InChI is InChI=1S/C18H21FN2S/c1-20-10-9-16(14-5-4-6-15(19)13-14)21-11-12-22-18-8-3-2-7-17(18)21/h2-8,13,16,20H,9-12H2,1H3. The first-order valence-electron chi connectivity index (χ1n) is 7.68. The zero-order chi connectivity index (χ0) is 15.4. The molecular weight excluding hydrogens is 295 g/mol. The van der Waals surface area contributed by atoms with Crippen LogP contribution in [0.5, 0.6) is 0 Å². The molecule has 0 aliphatic carbocycles. The second-order valence-corrected chi connectivity index (χ2v) is 6.61. The molecule has 0 aromatic heterocycles. The molecule has 0 saturated carbocycles. The molecular formula is C18H21FN2S. The summed E-state index contributed by atoms with van der Waals surface area (Å²) >= 11 is 1.90. The van der Waals surface area contributed by atoms with Crippen molar-refractivity contribution in [3.63, 3.8) is 0 Å². The molecule has 1 unspecified atom stereocenters. The number of nitrogens with one attached hydrogen (secondary N) is 1. The van der Waals surface area contributed by atoms with Gasteiger partial charge in [-0.15, -0.1) is 11.8 Å². The first kappa shape index (κ1) is 15.4. The van der Waals surface area contributed by atoms with E-state index in [0.717, 1.165) is 30.8 Å². The Morgan fingerprint density at radius 3 is 2.91 bits per heavy atom. The fraction of sp³-hybridized carbons (Fsp3) is 0.333. The number of para-hydroxylation sites is 1. The van der Waals surface area contributed by atoms with Gasteiger partial charge < -0.3 is 10.2 Å². The second kappa shape index (κ2) is 7.16. The van der Waals surface area contributed by atoms with Crippen LogP contribution in [0.2, 0.25) is 0 Å². The number of thioether (sulfide) groups is 1. The van der Waals surface area contributed by atoms with Gasteiger partial charge in [0.05, 0.1) is 11.7 Å². The Kier molecular flexibility index (Phi) is 5.01. The van der Waals surface area contributed by atoms with Gasteiger partial charge in [0.1, 0.15) is 5.82 Å². The maximum Gasteiger partial charge on any atom is 0.123 e. The minimum Gasteiger partial charge on any atom is -0.363 e. The SMILES string of the molecule is CNCCC(c1cccc(F)c1)N1CCSc2ccccc21. The van der Waals surface area contributed by atoms with E-state index in [-0.39, 0.29) is 11.9 Å². The summed E-state index contributed by atoms with van der Waals surface area (Å²) < 4.78 is 13.7. The molecule has 1 aliphatic rings. The third-order valence-corrected chi connectivity index (χ3v) is 5.08. The Labute approximate surface area is 135 Å². The molecule has 2 aromatic carbocycles. The first-order chi connectivity index (χ1) is 10.8. The summed E-state index contributed by atoms with van der Waals surface area (Å²) in [4.78, 5) is 3.75. The lowest BCUT2D eigenvalue weighted by atomic mass is 10.0. The number of benzene rings is 2. The van der Waals surface area contributed by atoms with Gasteiger partial charge in [-0.2, -0.15) is 0 Å². The van der Waals surface area contributed by atoms with Crippen LogP contribution >= 0.6 is 11.8 Å². The zero-order valence-electron chi connectivity index (χ0n) is 12.8. The highest BCUT2D eigenvalue weighted by Gasteiger charge is 2.25. The minimum atomic E-state index is -0.161. The van der Waals surface area contributed by atoms with Gasteiger partial charge in [0.15, 0.2) is 0 Å². The predicted molar refractivity (Wildman–Crippen MR) is 92.2 cm³/mol. The fourth-order valence-corrected chi connectivity index (χ4v) is 4.03. The minimum absolute atomic E-state index is 0.161. The van der Waals surface area contributed by atoms with Gasteiger partial charge in [0.2, 0.25) is 0 Å². The van der Waals surface area contributed by atoms with E-state index < -0.39 is 0 Å². The van der Waals surface area contributed by atoms with Crippen molar-refractivity contribution < 1.29 is 4.39 Å². The van der Waals surface area contributed by atoms with Crippen molar-refractivity contribution in [1.82, 2.24) is 5.32 Å². The van der Waals surface area contributed by atoms with Crippen LogP contribution in [0.4, 0.5) is 10.1 Å². The lowest BCUT2D eigenvalue weighted by Gasteiger charge is -2.38. The molecule has 0 amide bonds. The molecule has 1 atom stereocenters. The quantitative estimate of drug-likeness (QED) is 0.894. The highest BCUT2D eigenvalue weighted by atomic mass is 32.2. The Morgan fingerprint density at radius 2 is 2.09 bits per heavy atom. The van der Waals surface area contributed by atoms with Crippen LogP contribution in [-0.4, -0.2) is 25.9 Å². The molecule has 0 fully saturated rings. The van der Waals surface area contributed by atoms with Crippen LogP contribution in [0.3, 0.4) is 0 Å². The average Bonchev–Trinajstić information content (AvgIpc) is 2.55. The number of fused-ring (bicyclic) bond motifs is 1. The Hall–Kier alpha value is -1.52. The normalized spacial score (nSPS) is 15.5. The van der Waals surface area contributed by atoms with Crippen LogP contribution in [0.15, 0.2) is 53.4 Å². The predicted octanol–water partition coefficient (Wildman–Crippen LogP) is 4.09. The maximum atomic E-state index is 13.7. The maximum absolute atomic E-state index is 13.7. The molecule has 2 nitrogen and oxygen atoms in total. The van der Waals surface area contributed by atoms with Gasteiger partial charge in [-0.25, -0.2) is 4.39 Å². The number of hydrogen-bond donors (Lipinski definition) is 1. The van der Waals surface area contributed by atoms with Crippen LogP contribution in [-0.2, 0) is 0 Å². The van der Waals surface area contributed by atoms with Gasteiger partial charge in [0.25, 0.3) is 0 Å². The Morgan fingerprint density at radius 1 is 1.23 bits per heavy atom. The number of hydrogen-bond acceptors (Lipinski definition) is 3. The second-order valence-electron chi connectivity index (χ2n) is 5.47. The van der Waals surface area contributed by atoms with E-state index in [1.807, 2.05) is 30.9 Å². The summed E-state index contributed by atoms with van der Waals surface area (Å²) in [5.74, 6) is 0.911. The van der Waals surface area contributed by atoms with Crippen molar-refractivity contribution in [2.45, 2.75) is 17.4 Å². The van der Waals surface area contributed by atoms with Crippen molar-refractivity contribution in [2.24, 2.45) is 0 Å². The molecule has 1 aliphatic heterocycles. The molecule has 0 bridgehead atoms. The van der Waals surface area contributed by atoms with Crippen molar-refractivity contribution >= 4 is 17.4 Å². The van der Waals surface area contributed by atoms with Crippen LogP contribution in [0.1, 0.15) is 18.0 Å². The third-order valence-electron chi connectivity index (χ3n) is 4.04. The number of nitrogens with zero attached hydrogens (tertiary/aromatic N) is 1. The molecule has 0 saturated heterocycles. The van der Waals surface area contributed by atoms with E-state index in [1.54, 1.807) is 6.07 Å². The lowest BCUT2D eigenvalue weighted by Crippen LogP contribution is -2.35. The smallest absolute Gasteiger partial charge is 0.123 e. The van der Waals surface area contributed by atoms with E-state index in [0.29, 0.717) is 0 Å². The monoisotopic (exact) mass is 316 g/mol. The average molecular weight is 316 g/mol. The largest absolute Gasteiger partial charge is 0.363 e. The van der Waals surface area contributed by atoms with Crippen LogP contribution in [0.25, 0.3) is 0 Å². The number of halogens is 1. The Bertz CT molecular complexity index is 632. The van der Waals surface area contributed by atoms with Crippen LogP contribution in [0, 0.1) is 5.82 Å². The molecule has 0 spiro atoms. The first-order valence-corrected chi connectivity index (χ1v) is 8.66. The van der Waals surface area contributed by atoms with Gasteiger partial charge in [-0.05, 0) is 49.8 Å². The van der Waals surface area contributed by atoms with Gasteiger partial charge in [-0.3, -0.25) is 0 Å². The summed E-state index contributed by atoms with van der Waals surface area (Å²) in [7, 11) is 1.96. The van der Waals surface area contributed by atoms with E-state index >= 15 is 0 Å². The summed E-state index contributed by atoms with van der Waals surface area (Å²) in [6.45, 7) is 1.90. The van der Waals surface area contributed by atoms with Gasteiger partial charge >= 0.3 is 0 Å². The molecule has 1 N–H and O–H groups in total. The molecule has 4 heteroatoms. The van der Waals surface area contributed by atoms with Crippen molar-refractivity contribution in [3.05, 3.63) is 59.9 Å². The molecule has 0 radical (unpaired) electrons. The summed E-state index contributed by atoms with van der Waals surface area (Å²) in [5, 5.41) is 3.22. The van der Waals surface area contributed by atoms with E-state index in [2.05, 4.69) is 34.5 Å². The highest BCUT2D eigenvalue weighted by molar-refractivity contribution is 7.99. The number of anilines is 1. The summed E-state index contributed by atoms with van der Waals surface area (Å²) in [5.41, 5.74) is 2.32. The number of rotatable bonds is 5. The van der Waals surface area contributed by atoms with Gasteiger partial charge in [0, 0.05) is 17.2 Å². The fourth-order valence-electron chi connectivity index (χ4n) is 3.01. The van der Waals surface area contributed by atoms with Crippen molar-refractivity contribution in [3.8, 4) is 0 Å². The molecule has 3 rings (SSSR count). The van der Waals surface area contributed by atoms with Gasteiger partial charge in [-0.1, -0.05) is 24.3 Å². The highest BCUT2D eigenvalue weighted by Crippen LogP contribution is 2.40. The summed E-state index contributed by atoms with van der Waals surface area (Å²) in [6, 6.07) is 15.7. The summed E-state index contributed by atoms with van der Waals surface area (Å²) in [6.07, 6.45) is 0.957. The van der Waals surface area contributed by atoms with E-state index in [9.17, 15) is 4.39 Å². The molecule has 2 aromatic rings. The van der Waals surface area contributed by atoms with Crippen LogP contribution < -0.4 is 10.2 Å². The molecule has 22 heavy (non-hydrogen) atoms. The van der Waals surface area contributed by atoms with Crippen molar-refractivity contribution in [1.29, 1.82) is 0 Å². The third kappa shape index (κ3) is 3.28. The van der Waals surface area contributed by atoms with Crippen molar-refractivity contribution in [2.75, 3.05) is 30.8 Å². The Balaban J connectivity index is 1.96. The van der Waals surface area contributed by atoms with E-state index in [1.165, 1.54) is 16.6 Å². The zero-order valence-corrected chi connectivity index (χ0v) is 13.6. The molecule has 1 heterocycles.